The van der Waals surface area contributed by atoms with Crippen molar-refractivity contribution in [3.05, 3.63) is 71.8 Å². The van der Waals surface area contributed by atoms with E-state index in [1.165, 1.54) is 30.4 Å². The van der Waals surface area contributed by atoms with Gasteiger partial charge in [-0.1, -0.05) is 60.7 Å². The second kappa shape index (κ2) is 11.2. The number of primary amides is 1. The van der Waals surface area contributed by atoms with Gasteiger partial charge in [0.05, 0.1) is 11.5 Å². The van der Waals surface area contributed by atoms with Gasteiger partial charge in [0.25, 0.3) is 0 Å². The molecule has 2 amide bonds. The number of thioether (sulfide) groups is 2. The minimum Gasteiger partial charge on any atom is -0.387 e. The van der Waals surface area contributed by atoms with Crippen molar-refractivity contribution in [3.63, 3.8) is 0 Å². The standard InChI is InChI=1S/C24H30N2O5S3/c1-23(22(25)29,21(28)24(32-14-8-15-33-24)19-11-6-3-7-12-19)26-20(27)13-16-34(30,31)17-18-9-4-2-5-10-18/h2-7,9-12,21,28H,8,13-17H2,1H3,(H2,25,29)(H,26,27). The molecule has 0 aliphatic carbocycles. The summed E-state index contributed by atoms with van der Waals surface area (Å²) in [6, 6.07) is 18.1. The second-order valence-corrected chi connectivity index (χ2v) is 13.6. The first-order valence-electron chi connectivity index (χ1n) is 11.0. The number of hydrogen-bond donors (Lipinski definition) is 3. The van der Waals surface area contributed by atoms with Crippen molar-refractivity contribution in [2.75, 3.05) is 17.3 Å². The van der Waals surface area contributed by atoms with E-state index in [0.29, 0.717) is 5.56 Å². The predicted molar refractivity (Wildman–Crippen MR) is 138 cm³/mol. The number of carbonyl (C=O) groups is 2. The summed E-state index contributed by atoms with van der Waals surface area (Å²) in [5.74, 6) is -0.555. The number of nitrogens with one attached hydrogen (secondary N) is 1. The molecule has 0 radical (unpaired) electrons. The van der Waals surface area contributed by atoms with Crippen LogP contribution < -0.4 is 11.1 Å². The van der Waals surface area contributed by atoms with Crippen LogP contribution in [0.15, 0.2) is 60.7 Å². The molecule has 2 unspecified atom stereocenters. The fourth-order valence-electron chi connectivity index (χ4n) is 3.85. The lowest BCUT2D eigenvalue weighted by molar-refractivity contribution is -0.135. The molecule has 0 aromatic heterocycles. The molecule has 10 heteroatoms. The summed E-state index contributed by atoms with van der Waals surface area (Å²) in [6.45, 7) is 1.40. The van der Waals surface area contributed by atoms with Crippen molar-refractivity contribution in [1.82, 2.24) is 5.32 Å². The molecule has 184 valence electrons. The van der Waals surface area contributed by atoms with Gasteiger partial charge in [-0.15, -0.1) is 23.5 Å². The highest BCUT2D eigenvalue weighted by Crippen LogP contribution is 2.54. The minimum absolute atomic E-state index is 0.179. The van der Waals surface area contributed by atoms with Crippen LogP contribution in [-0.4, -0.2) is 54.2 Å². The van der Waals surface area contributed by atoms with Crippen molar-refractivity contribution >= 4 is 45.2 Å². The summed E-state index contributed by atoms with van der Waals surface area (Å²) >= 11 is 3.04. The first-order chi connectivity index (χ1) is 16.1. The van der Waals surface area contributed by atoms with Gasteiger partial charge in [0.1, 0.15) is 15.7 Å². The van der Waals surface area contributed by atoms with Gasteiger partial charge >= 0.3 is 0 Å². The van der Waals surface area contributed by atoms with Crippen LogP contribution in [0.25, 0.3) is 0 Å². The maximum Gasteiger partial charge on any atom is 0.245 e. The number of benzene rings is 2. The van der Waals surface area contributed by atoms with Crippen LogP contribution in [0.2, 0.25) is 0 Å². The molecule has 4 N–H and O–H groups in total. The molecule has 1 fully saturated rings. The summed E-state index contributed by atoms with van der Waals surface area (Å²) in [5.41, 5.74) is 5.36. The summed E-state index contributed by atoms with van der Waals surface area (Å²) in [6.07, 6.45) is -0.737. The van der Waals surface area contributed by atoms with Crippen molar-refractivity contribution in [2.45, 2.75) is 41.2 Å². The lowest BCUT2D eigenvalue weighted by atomic mass is 9.87. The Balaban J connectivity index is 1.77. The van der Waals surface area contributed by atoms with Crippen LogP contribution >= 0.6 is 23.5 Å². The zero-order chi connectivity index (χ0) is 24.8. The number of hydrogen-bond acceptors (Lipinski definition) is 7. The van der Waals surface area contributed by atoms with Crippen LogP contribution in [-0.2, 0) is 29.3 Å². The number of aliphatic hydroxyl groups is 1. The lowest BCUT2D eigenvalue weighted by Gasteiger charge is -2.46. The van der Waals surface area contributed by atoms with Gasteiger partial charge in [-0.05, 0) is 36.0 Å². The molecule has 34 heavy (non-hydrogen) atoms. The Hall–Kier alpha value is -2.01. The van der Waals surface area contributed by atoms with E-state index in [1.807, 2.05) is 30.3 Å². The van der Waals surface area contributed by atoms with Crippen LogP contribution in [0.3, 0.4) is 0 Å². The quantitative estimate of drug-likeness (QED) is 0.437. The third-order valence-electron chi connectivity index (χ3n) is 5.79. The van der Waals surface area contributed by atoms with Gasteiger partial charge in [0.15, 0.2) is 9.84 Å². The van der Waals surface area contributed by atoms with Gasteiger partial charge in [0.2, 0.25) is 11.8 Å². The number of nitrogens with two attached hydrogens (primary N) is 1. The highest BCUT2D eigenvalue weighted by molar-refractivity contribution is 8.18. The van der Waals surface area contributed by atoms with E-state index in [9.17, 15) is 23.1 Å². The van der Waals surface area contributed by atoms with Gasteiger partial charge in [-0.25, -0.2) is 8.42 Å². The van der Waals surface area contributed by atoms with E-state index in [1.54, 1.807) is 30.3 Å². The number of carbonyl (C=O) groups excluding carboxylic acids is 2. The summed E-state index contributed by atoms with van der Waals surface area (Å²) in [4.78, 5) is 25.3. The zero-order valence-corrected chi connectivity index (χ0v) is 21.4. The molecule has 2 aromatic carbocycles. The molecule has 3 rings (SSSR count). The van der Waals surface area contributed by atoms with Gasteiger partial charge in [-0.3, -0.25) is 9.59 Å². The molecule has 1 aliphatic heterocycles. The molecule has 1 heterocycles. The first kappa shape index (κ1) is 26.6. The van der Waals surface area contributed by atoms with Crippen molar-refractivity contribution in [3.8, 4) is 0 Å². The average Bonchev–Trinajstić information content (AvgIpc) is 2.83. The molecular weight excluding hydrogens is 492 g/mol. The lowest BCUT2D eigenvalue weighted by Crippen LogP contribution is -2.67. The average molecular weight is 523 g/mol. The van der Waals surface area contributed by atoms with Crippen molar-refractivity contribution < 1.29 is 23.1 Å². The predicted octanol–water partition coefficient (Wildman–Crippen LogP) is 2.44. The molecule has 0 saturated carbocycles. The number of sulfone groups is 1. The van der Waals surface area contributed by atoms with E-state index in [4.69, 9.17) is 5.73 Å². The molecular formula is C24H30N2O5S3. The minimum atomic E-state index is -3.55. The van der Waals surface area contributed by atoms with Gasteiger partial charge in [0, 0.05) is 6.42 Å². The Labute approximate surface area is 209 Å². The summed E-state index contributed by atoms with van der Waals surface area (Å²) < 4.78 is 24.1. The van der Waals surface area contributed by atoms with Crippen LogP contribution in [0.5, 0.6) is 0 Å². The number of rotatable bonds is 10. The van der Waals surface area contributed by atoms with E-state index < -0.39 is 37.4 Å². The highest BCUT2D eigenvalue weighted by Gasteiger charge is 2.54. The fourth-order valence-corrected chi connectivity index (χ4v) is 8.78. The van der Waals surface area contributed by atoms with Crippen molar-refractivity contribution in [1.29, 1.82) is 0 Å². The largest absolute Gasteiger partial charge is 0.387 e. The summed E-state index contributed by atoms with van der Waals surface area (Å²) in [7, 11) is -3.55. The zero-order valence-electron chi connectivity index (χ0n) is 19.0. The van der Waals surface area contributed by atoms with Gasteiger partial charge in [-0.2, -0.15) is 0 Å². The molecule has 2 atom stereocenters. The maximum absolute atomic E-state index is 12.8. The maximum atomic E-state index is 12.8. The Morgan fingerprint density at radius 2 is 1.65 bits per heavy atom. The van der Waals surface area contributed by atoms with E-state index in [2.05, 4.69) is 5.32 Å². The Kier molecular flexibility index (Phi) is 8.72. The van der Waals surface area contributed by atoms with E-state index in [0.717, 1.165) is 23.5 Å². The monoisotopic (exact) mass is 522 g/mol. The Morgan fingerprint density at radius 1 is 1.09 bits per heavy atom. The highest BCUT2D eigenvalue weighted by atomic mass is 32.2. The van der Waals surface area contributed by atoms with Crippen LogP contribution in [0.1, 0.15) is 30.9 Å². The normalized spacial score (nSPS) is 18.4. The van der Waals surface area contributed by atoms with Crippen LogP contribution in [0.4, 0.5) is 0 Å². The SMILES string of the molecule is CC(NC(=O)CCS(=O)(=O)Cc1ccccc1)(C(N)=O)C(O)C1(c2ccccc2)SCCCS1. The molecule has 2 aromatic rings. The second-order valence-electron chi connectivity index (χ2n) is 8.43. The smallest absolute Gasteiger partial charge is 0.245 e. The third kappa shape index (κ3) is 6.16. The van der Waals surface area contributed by atoms with Crippen LogP contribution in [0, 0.1) is 0 Å². The van der Waals surface area contributed by atoms with Gasteiger partial charge < -0.3 is 16.2 Å². The van der Waals surface area contributed by atoms with E-state index >= 15 is 0 Å². The Morgan fingerprint density at radius 3 is 2.21 bits per heavy atom. The third-order valence-corrected chi connectivity index (χ3v) is 10.9. The molecule has 0 bridgehead atoms. The number of aliphatic hydroxyl groups excluding tert-OH is 1. The Bertz CT molecular complexity index is 1090. The topological polar surface area (TPSA) is 127 Å². The number of amides is 2. The van der Waals surface area contributed by atoms with Crippen molar-refractivity contribution in [2.24, 2.45) is 5.73 Å². The molecule has 1 saturated heterocycles. The fraction of sp³-hybridized carbons (Fsp3) is 0.417. The molecule has 7 nitrogen and oxygen atoms in total. The molecule has 1 aliphatic rings. The molecule has 0 spiro atoms. The first-order valence-corrected chi connectivity index (χ1v) is 14.7. The van der Waals surface area contributed by atoms with E-state index in [-0.39, 0.29) is 17.9 Å². The summed E-state index contributed by atoms with van der Waals surface area (Å²) in [5, 5.41) is 14.1.